The van der Waals surface area contributed by atoms with Crippen molar-refractivity contribution in [3.05, 3.63) is 30.1 Å². The van der Waals surface area contributed by atoms with Crippen LogP contribution in [0.1, 0.15) is 18.7 Å². The highest BCUT2D eigenvalue weighted by Crippen LogP contribution is 2.14. The van der Waals surface area contributed by atoms with Crippen LogP contribution in [-0.4, -0.2) is 10.4 Å². The van der Waals surface area contributed by atoms with Gasteiger partial charge in [0.05, 0.1) is 5.69 Å². The van der Waals surface area contributed by atoms with Gasteiger partial charge in [0.1, 0.15) is 6.10 Å². The summed E-state index contributed by atoms with van der Waals surface area (Å²) in [5.74, 6) is 0. The van der Waals surface area contributed by atoms with Gasteiger partial charge in [-0.3, -0.25) is 4.98 Å². The minimum Gasteiger partial charge on any atom is -0.444 e. The Hall–Kier alpha value is -1.09. The third-order valence-corrected chi connectivity index (χ3v) is 1.46. The molecule has 1 atom stereocenters. The Morgan fingerprint density at radius 2 is 2.42 bits per heavy atom. The van der Waals surface area contributed by atoms with Gasteiger partial charge in [0.15, 0.2) is 0 Å². The number of hydrogen-bond donors (Lipinski definition) is 0. The Kier molecular flexibility index (Phi) is 3.05. The molecule has 4 heteroatoms. The molecule has 1 aromatic heterocycles. The average molecular weight is 186 g/mol. The van der Waals surface area contributed by atoms with Gasteiger partial charge in [-0.25, -0.2) is 4.79 Å². The maximum Gasteiger partial charge on any atom is 0.404 e. The molecule has 1 unspecified atom stereocenters. The molecule has 0 fully saturated rings. The van der Waals surface area contributed by atoms with Crippen LogP contribution >= 0.6 is 11.6 Å². The van der Waals surface area contributed by atoms with E-state index in [0.717, 1.165) is 0 Å². The standard InChI is InChI=1S/C8H8ClNO2/c1-6(12-8(9)11)7-4-2-3-5-10-7/h2-6H,1H3. The molecule has 3 nitrogen and oxygen atoms in total. The molecule has 0 aromatic carbocycles. The Balaban J connectivity index is 2.65. The summed E-state index contributed by atoms with van der Waals surface area (Å²) in [7, 11) is 0. The summed E-state index contributed by atoms with van der Waals surface area (Å²) >= 11 is 5.03. The lowest BCUT2D eigenvalue weighted by atomic mass is 10.2. The normalized spacial score (nSPS) is 12.2. The third kappa shape index (κ3) is 2.51. The fourth-order valence-corrected chi connectivity index (χ4v) is 0.949. The second-order valence-corrected chi connectivity index (χ2v) is 2.56. The van der Waals surface area contributed by atoms with Crippen molar-refractivity contribution in [3.63, 3.8) is 0 Å². The highest BCUT2D eigenvalue weighted by Gasteiger charge is 2.09. The predicted molar refractivity (Wildman–Crippen MR) is 45.0 cm³/mol. The predicted octanol–water partition coefficient (Wildman–Crippen LogP) is 2.52. The summed E-state index contributed by atoms with van der Waals surface area (Å²) < 4.78 is 4.70. The number of carbonyl (C=O) groups excluding carboxylic acids is 1. The third-order valence-electron chi connectivity index (χ3n) is 1.37. The van der Waals surface area contributed by atoms with Gasteiger partial charge in [-0.1, -0.05) is 6.07 Å². The minimum atomic E-state index is -0.812. The van der Waals surface area contributed by atoms with Crippen molar-refractivity contribution in [3.8, 4) is 0 Å². The van der Waals surface area contributed by atoms with E-state index in [9.17, 15) is 4.79 Å². The van der Waals surface area contributed by atoms with Gasteiger partial charge in [-0.15, -0.1) is 0 Å². The van der Waals surface area contributed by atoms with Crippen molar-refractivity contribution in [2.24, 2.45) is 0 Å². The molecule has 0 aliphatic heterocycles. The molecule has 0 saturated heterocycles. The molecule has 12 heavy (non-hydrogen) atoms. The summed E-state index contributed by atoms with van der Waals surface area (Å²) in [6.45, 7) is 1.71. The smallest absolute Gasteiger partial charge is 0.404 e. The molecule has 0 amide bonds. The van der Waals surface area contributed by atoms with Gasteiger partial charge in [0.2, 0.25) is 0 Å². The zero-order chi connectivity index (χ0) is 8.97. The number of pyridine rings is 1. The van der Waals surface area contributed by atoms with Crippen LogP contribution < -0.4 is 0 Å². The van der Waals surface area contributed by atoms with E-state index in [4.69, 9.17) is 16.3 Å². The van der Waals surface area contributed by atoms with Crippen LogP contribution in [0.3, 0.4) is 0 Å². The van der Waals surface area contributed by atoms with E-state index >= 15 is 0 Å². The molecule has 1 aromatic rings. The number of rotatable bonds is 2. The lowest BCUT2D eigenvalue weighted by Gasteiger charge is -2.08. The topological polar surface area (TPSA) is 39.2 Å². The highest BCUT2D eigenvalue weighted by atomic mass is 35.5. The van der Waals surface area contributed by atoms with Gasteiger partial charge in [-0.05, 0) is 19.1 Å². The molecule has 0 N–H and O–H groups in total. The molecule has 0 spiro atoms. The summed E-state index contributed by atoms with van der Waals surface area (Å²) in [5, 5.41) is 0. The zero-order valence-electron chi connectivity index (χ0n) is 6.53. The molecular weight excluding hydrogens is 178 g/mol. The largest absolute Gasteiger partial charge is 0.444 e. The average Bonchev–Trinajstić information content (AvgIpc) is 2.05. The molecule has 0 aliphatic carbocycles. The molecule has 0 saturated carbocycles. The number of ether oxygens (including phenoxy) is 1. The Labute approximate surface area is 75.3 Å². The minimum absolute atomic E-state index is 0.392. The summed E-state index contributed by atoms with van der Waals surface area (Å²) in [6.07, 6.45) is 1.24. The first-order valence-corrected chi connectivity index (χ1v) is 3.85. The highest BCUT2D eigenvalue weighted by molar-refractivity contribution is 6.61. The van der Waals surface area contributed by atoms with Crippen LogP contribution in [0.5, 0.6) is 0 Å². The van der Waals surface area contributed by atoms with Crippen LogP contribution in [0.4, 0.5) is 4.79 Å². The molecular formula is C8H8ClNO2. The van der Waals surface area contributed by atoms with Crippen molar-refractivity contribution >= 4 is 17.0 Å². The first-order valence-electron chi connectivity index (χ1n) is 3.47. The van der Waals surface area contributed by atoms with Crippen molar-refractivity contribution in [2.75, 3.05) is 0 Å². The first-order chi connectivity index (χ1) is 5.70. The maximum atomic E-state index is 10.3. The molecule has 1 heterocycles. The maximum absolute atomic E-state index is 10.3. The number of hydrogen-bond acceptors (Lipinski definition) is 3. The number of halogens is 1. The second kappa shape index (κ2) is 4.07. The Morgan fingerprint density at radius 3 is 2.92 bits per heavy atom. The summed E-state index contributed by atoms with van der Waals surface area (Å²) in [6, 6.07) is 5.38. The Morgan fingerprint density at radius 1 is 1.67 bits per heavy atom. The number of carbonyl (C=O) groups is 1. The van der Waals surface area contributed by atoms with Crippen LogP contribution in [0.25, 0.3) is 0 Å². The van der Waals surface area contributed by atoms with E-state index in [1.807, 2.05) is 6.07 Å². The van der Waals surface area contributed by atoms with Crippen LogP contribution in [0.15, 0.2) is 24.4 Å². The van der Waals surface area contributed by atoms with E-state index < -0.39 is 11.5 Å². The van der Waals surface area contributed by atoms with Crippen molar-refractivity contribution in [1.29, 1.82) is 0 Å². The number of nitrogens with zero attached hydrogens (tertiary/aromatic N) is 1. The summed E-state index contributed by atoms with van der Waals surface area (Å²) in [5.41, 5.74) is -0.125. The van der Waals surface area contributed by atoms with E-state index in [0.29, 0.717) is 5.69 Å². The van der Waals surface area contributed by atoms with Crippen LogP contribution in [-0.2, 0) is 4.74 Å². The summed E-state index contributed by atoms with van der Waals surface area (Å²) in [4.78, 5) is 14.3. The second-order valence-electron chi connectivity index (χ2n) is 2.25. The van der Waals surface area contributed by atoms with E-state index in [1.54, 1.807) is 25.3 Å². The quantitative estimate of drug-likeness (QED) is 0.665. The molecule has 1 rings (SSSR count). The van der Waals surface area contributed by atoms with Gasteiger partial charge >= 0.3 is 5.43 Å². The van der Waals surface area contributed by atoms with Crippen molar-refractivity contribution in [1.82, 2.24) is 4.98 Å². The van der Waals surface area contributed by atoms with Gasteiger partial charge in [0, 0.05) is 17.8 Å². The lowest BCUT2D eigenvalue weighted by Crippen LogP contribution is -2.03. The fourth-order valence-electron chi connectivity index (χ4n) is 0.816. The van der Waals surface area contributed by atoms with Gasteiger partial charge in [0.25, 0.3) is 0 Å². The SMILES string of the molecule is CC(OC(=O)Cl)c1ccccn1. The van der Waals surface area contributed by atoms with Gasteiger partial charge in [-0.2, -0.15) is 0 Å². The van der Waals surface area contributed by atoms with E-state index in [-0.39, 0.29) is 0 Å². The molecule has 64 valence electrons. The van der Waals surface area contributed by atoms with Gasteiger partial charge < -0.3 is 4.74 Å². The molecule has 0 aliphatic rings. The zero-order valence-corrected chi connectivity index (χ0v) is 7.28. The van der Waals surface area contributed by atoms with E-state index in [2.05, 4.69) is 4.98 Å². The van der Waals surface area contributed by atoms with E-state index in [1.165, 1.54) is 0 Å². The van der Waals surface area contributed by atoms with Crippen LogP contribution in [0, 0.1) is 0 Å². The lowest BCUT2D eigenvalue weighted by molar-refractivity contribution is 0.130. The van der Waals surface area contributed by atoms with Crippen molar-refractivity contribution < 1.29 is 9.53 Å². The number of aromatic nitrogens is 1. The van der Waals surface area contributed by atoms with Crippen LogP contribution in [0.2, 0.25) is 0 Å². The Bertz CT molecular complexity index is 263. The fraction of sp³-hybridized carbons (Fsp3) is 0.250. The first kappa shape index (κ1) is 9.00. The van der Waals surface area contributed by atoms with Crippen molar-refractivity contribution in [2.45, 2.75) is 13.0 Å². The molecule has 0 radical (unpaired) electrons. The monoisotopic (exact) mass is 185 g/mol. The molecule has 0 bridgehead atoms.